The van der Waals surface area contributed by atoms with Gasteiger partial charge in [-0.05, 0) is 29.9 Å². The molecule has 1 aliphatic carbocycles. The maximum atomic E-state index is 12.1. The van der Waals surface area contributed by atoms with E-state index in [1.54, 1.807) is 6.92 Å². The molecule has 0 aromatic heterocycles. The van der Waals surface area contributed by atoms with E-state index in [9.17, 15) is 15.0 Å². The van der Waals surface area contributed by atoms with E-state index in [4.69, 9.17) is 0 Å². The van der Waals surface area contributed by atoms with E-state index < -0.39 is 12.2 Å². The van der Waals surface area contributed by atoms with Crippen LogP contribution in [0.5, 0.6) is 0 Å². The summed E-state index contributed by atoms with van der Waals surface area (Å²) in [5.41, 5.74) is 1.88. The summed E-state index contributed by atoms with van der Waals surface area (Å²) in [6.45, 7) is 6.21. The van der Waals surface area contributed by atoms with E-state index in [2.05, 4.69) is 10.6 Å². The van der Waals surface area contributed by atoms with Gasteiger partial charge in [0, 0.05) is 13.0 Å². The van der Waals surface area contributed by atoms with E-state index in [1.807, 2.05) is 38.1 Å². The minimum atomic E-state index is -0.589. The lowest BCUT2D eigenvalue weighted by molar-refractivity contribution is 0.126. The van der Waals surface area contributed by atoms with Crippen molar-refractivity contribution in [1.82, 2.24) is 10.6 Å². The van der Waals surface area contributed by atoms with Gasteiger partial charge in [0.1, 0.15) is 0 Å². The Balaban J connectivity index is 1.90. The number of aliphatic hydroxyl groups excluding tert-OH is 2. The van der Waals surface area contributed by atoms with Crippen molar-refractivity contribution < 1.29 is 15.0 Å². The van der Waals surface area contributed by atoms with Gasteiger partial charge in [0.2, 0.25) is 0 Å². The van der Waals surface area contributed by atoms with Gasteiger partial charge in [-0.3, -0.25) is 0 Å². The highest BCUT2D eigenvalue weighted by molar-refractivity contribution is 5.74. The number of nitrogens with one attached hydrogen (secondary N) is 2. The van der Waals surface area contributed by atoms with Crippen LogP contribution in [-0.4, -0.2) is 35.0 Å². The van der Waals surface area contributed by atoms with E-state index in [1.165, 1.54) is 0 Å². The number of fused-ring (bicyclic) bond motifs is 1. The van der Waals surface area contributed by atoms with Crippen LogP contribution in [0.15, 0.2) is 24.3 Å². The molecule has 5 nitrogen and oxygen atoms in total. The second kappa shape index (κ2) is 6.67. The van der Waals surface area contributed by atoms with Gasteiger partial charge >= 0.3 is 6.03 Å². The Hall–Kier alpha value is -1.59. The van der Waals surface area contributed by atoms with E-state index in [0.717, 1.165) is 11.1 Å². The zero-order valence-corrected chi connectivity index (χ0v) is 13.5. The summed E-state index contributed by atoms with van der Waals surface area (Å²) in [6.07, 6.45) is 0.189. The van der Waals surface area contributed by atoms with Gasteiger partial charge in [-0.2, -0.15) is 0 Å². The van der Waals surface area contributed by atoms with Crippen LogP contribution in [0.25, 0.3) is 0 Å². The minimum Gasteiger partial charge on any atom is -0.393 e. The van der Waals surface area contributed by atoms with Gasteiger partial charge in [0.15, 0.2) is 0 Å². The fraction of sp³-hybridized carbons (Fsp3) is 0.588. The summed E-state index contributed by atoms with van der Waals surface area (Å²) in [5, 5.41) is 25.3. The average molecular weight is 306 g/mol. The lowest BCUT2D eigenvalue weighted by Gasteiger charge is -2.27. The maximum absolute atomic E-state index is 12.1. The fourth-order valence-electron chi connectivity index (χ4n) is 3.13. The summed E-state index contributed by atoms with van der Waals surface area (Å²) < 4.78 is 0. The van der Waals surface area contributed by atoms with Crippen molar-refractivity contribution in [2.45, 2.75) is 51.9 Å². The highest BCUT2D eigenvalue weighted by Crippen LogP contribution is 2.31. The Morgan fingerprint density at radius 1 is 1.41 bits per heavy atom. The van der Waals surface area contributed by atoms with Crippen molar-refractivity contribution in [2.24, 2.45) is 5.41 Å². The molecule has 0 saturated heterocycles. The van der Waals surface area contributed by atoms with Crippen LogP contribution in [0.1, 0.15) is 44.4 Å². The molecule has 122 valence electrons. The standard InChI is InChI=1S/C17H26N2O3/c1-11(20)9-17(2,3)10-18-16(22)19-15-13-7-5-4-6-12(13)8-14(15)21/h4-7,11,14-15,20-21H,8-10H2,1-3H3,(H2,18,19,22). The van der Waals surface area contributed by atoms with Crippen LogP contribution in [0.3, 0.4) is 0 Å². The Labute approximate surface area is 131 Å². The molecule has 3 atom stereocenters. The van der Waals surface area contributed by atoms with Crippen molar-refractivity contribution in [1.29, 1.82) is 0 Å². The van der Waals surface area contributed by atoms with Crippen LogP contribution in [0.4, 0.5) is 4.79 Å². The molecular formula is C17H26N2O3. The minimum absolute atomic E-state index is 0.183. The molecular weight excluding hydrogens is 280 g/mol. The highest BCUT2D eigenvalue weighted by atomic mass is 16.3. The maximum Gasteiger partial charge on any atom is 0.315 e. The van der Waals surface area contributed by atoms with Crippen LogP contribution in [-0.2, 0) is 6.42 Å². The second-order valence-electron chi connectivity index (χ2n) is 6.99. The predicted octanol–water partition coefficient (Wildman–Crippen LogP) is 1.74. The lowest BCUT2D eigenvalue weighted by atomic mass is 9.87. The zero-order chi connectivity index (χ0) is 16.3. The molecule has 2 rings (SSSR count). The molecule has 4 N–H and O–H groups in total. The summed E-state index contributed by atoms with van der Waals surface area (Å²) >= 11 is 0. The van der Waals surface area contributed by atoms with E-state index >= 15 is 0 Å². The highest BCUT2D eigenvalue weighted by Gasteiger charge is 2.32. The molecule has 0 radical (unpaired) electrons. The lowest BCUT2D eigenvalue weighted by Crippen LogP contribution is -2.44. The molecule has 0 saturated carbocycles. The molecule has 0 heterocycles. The Morgan fingerprint density at radius 2 is 2.09 bits per heavy atom. The number of amides is 2. The number of rotatable bonds is 5. The number of hydrogen-bond donors (Lipinski definition) is 4. The molecule has 1 aliphatic rings. The molecule has 1 aromatic carbocycles. The van der Waals surface area contributed by atoms with Gasteiger partial charge in [0.25, 0.3) is 0 Å². The molecule has 0 fully saturated rings. The Kier molecular flexibility index (Phi) is 5.08. The number of hydrogen-bond acceptors (Lipinski definition) is 3. The monoisotopic (exact) mass is 306 g/mol. The van der Waals surface area contributed by atoms with Crippen molar-refractivity contribution >= 4 is 6.03 Å². The molecule has 5 heteroatoms. The second-order valence-corrected chi connectivity index (χ2v) is 6.99. The Bertz CT molecular complexity index is 528. The van der Waals surface area contributed by atoms with Crippen LogP contribution >= 0.6 is 0 Å². The normalized spacial score (nSPS) is 22.0. The van der Waals surface area contributed by atoms with Gasteiger partial charge < -0.3 is 20.8 Å². The Morgan fingerprint density at radius 3 is 2.77 bits per heavy atom. The molecule has 0 spiro atoms. The smallest absolute Gasteiger partial charge is 0.315 e. The zero-order valence-electron chi connectivity index (χ0n) is 13.5. The van der Waals surface area contributed by atoms with Crippen LogP contribution in [0.2, 0.25) is 0 Å². The average Bonchev–Trinajstić information content (AvgIpc) is 2.72. The van der Waals surface area contributed by atoms with Crippen molar-refractivity contribution in [2.75, 3.05) is 6.54 Å². The molecule has 22 heavy (non-hydrogen) atoms. The summed E-state index contributed by atoms with van der Waals surface area (Å²) in [5.74, 6) is 0. The van der Waals surface area contributed by atoms with E-state index in [-0.39, 0.29) is 17.5 Å². The van der Waals surface area contributed by atoms with Crippen molar-refractivity contribution in [3.05, 3.63) is 35.4 Å². The quantitative estimate of drug-likeness (QED) is 0.669. The predicted molar refractivity (Wildman–Crippen MR) is 85.5 cm³/mol. The van der Waals surface area contributed by atoms with Gasteiger partial charge in [0.05, 0.1) is 18.2 Å². The van der Waals surface area contributed by atoms with Crippen molar-refractivity contribution in [3.63, 3.8) is 0 Å². The number of aliphatic hydroxyl groups is 2. The van der Waals surface area contributed by atoms with Crippen molar-refractivity contribution in [3.8, 4) is 0 Å². The third kappa shape index (κ3) is 4.21. The van der Waals surface area contributed by atoms with Crippen LogP contribution in [0, 0.1) is 5.41 Å². The van der Waals surface area contributed by atoms with Crippen LogP contribution < -0.4 is 10.6 Å². The fourth-order valence-corrected chi connectivity index (χ4v) is 3.13. The molecule has 0 aliphatic heterocycles. The van der Waals surface area contributed by atoms with Gasteiger partial charge in [-0.15, -0.1) is 0 Å². The largest absolute Gasteiger partial charge is 0.393 e. The van der Waals surface area contributed by atoms with Gasteiger partial charge in [-0.1, -0.05) is 38.1 Å². The van der Waals surface area contributed by atoms with Gasteiger partial charge in [-0.25, -0.2) is 4.79 Å². The number of carbonyl (C=O) groups is 1. The number of urea groups is 1. The molecule has 3 unspecified atom stereocenters. The summed E-state index contributed by atoms with van der Waals surface area (Å²) in [7, 11) is 0. The molecule has 1 aromatic rings. The third-order valence-electron chi connectivity index (χ3n) is 4.07. The first-order valence-electron chi connectivity index (χ1n) is 7.77. The SMILES string of the molecule is CC(O)CC(C)(C)CNC(=O)NC1c2ccccc2CC1O. The first-order valence-corrected chi connectivity index (χ1v) is 7.77. The first-order chi connectivity index (χ1) is 10.3. The molecule has 2 amide bonds. The number of carbonyl (C=O) groups excluding carboxylic acids is 1. The number of benzene rings is 1. The summed E-state index contributed by atoms with van der Waals surface area (Å²) in [4.78, 5) is 12.1. The first kappa shape index (κ1) is 16.8. The molecule has 0 bridgehead atoms. The topological polar surface area (TPSA) is 81.6 Å². The summed E-state index contributed by atoms with van der Waals surface area (Å²) in [6, 6.07) is 7.11. The van der Waals surface area contributed by atoms with E-state index in [0.29, 0.717) is 19.4 Å². The third-order valence-corrected chi connectivity index (χ3v) is 4.07.